The summed E-state index contributed by atoms with van der Waals surface area (Å²) in [5.74, 6) is 2.53. The minimum Gasteiger partial charge on any atom is -0.357 e. The summed E-state index contributed by atoms with van der Waals surface area (Å²) < 4.78 is 2.01. The third kappa shape index (κ3) is 2.43. The van der Waals surface area contributed by atoms with Crippen molar-refractivity contribution >= 4 is 5.95 Å². The summed E-state index contributed by atoms with van der Waals surface area (Å²) in [6, 6.07) is 1.96. The van der Waals surface area contributed by atoms with E-state index in [0.717, 1.165) is 30.2 Å². The van der Waals surface area contributed by atoms with E-state index >= 15 is 0 Å². The van der Waals surface area contributed by atoms with Crippen molar-refractivity contribution in [3.63, 3.8) is 0 Å². The number of hydrogen-bond acceptors (Lipinski definition) is 4. The highest BCUT2D eigenvalue weighted by molar-refractivity contribution is 5.35. The average Bonchev–Trinajstić information content (AvgIpc) is 2.77. The molecule has 0 aromatic carbocycles. The van der Waals surface area contributed by atoms with Crippen molar-refractivity contribution in [2.24, 2.45) is 0 Å². The van der Waals surface area contributed by atoms with E-state index < -0.39 is 0 Å². The van der Waals surface area contributed by atoms with Gasteiger partial charge in [0.05, 0.1) is 0 Å². The van der Waals surface area contributed by atoms with Crippen LogP contribution < -0.4 is 5.32 Å². The molecular formula is C12H17N5. The summed E-state index contributed by atoms with van der Waals surface area (Å²) in [5, 5.41) is 2.97. The summed E-state index contributed by atoms with van der Waals surface area (Å²) >= 11 is 0. The molecular weight excluding hydrogens is 214 g/mol. The first-order valence-corrected chi connectivity index (χ1v) is 5.80. The van der Waals surface area contributed by atoms with Gasteiger partial charge in [0.2, 0.25) is 5.95 Å². The first-order valence-electron chi connectivity index (χ1n) is 5.80. The topological polar surface area (TPSA) is 55.6 Å². The van der Waals surface area contributed by atoms with Crippen LogP contribution in [0.4, 0.5) is 5.95 Å². The van der Waals surface area contributed by atoms with Gasteiger partial charge in [-0.25, -0.2) is 9.97 Å². The molecule has 2 aromatic rings. The molecule has 0 unspecified atom stereocenters. The summed E-state index contributed by atoms with van der Waals surface area (Å²) in [5.41, 5.74) is 0.940. The van der Waals surface area contributed by atoms with E-state index in [1.165, 1.54) is 0 Å². The Bertz CT molecular complexity index is 503. The number of aromatic nitrogens is 4. The van der Waals surface area contributed by atoms with Crippen LogP contribution >= 0.6 is 0 Å². The highest BCUT2D eigenvalue weighted by atomic mass is 15.2. The maximum absolute atomic E-state index is 4.44. The van der Waals surface area contributed by atoms with Gasteiger partial charge < -0.3 is 5.32 Å². The lowest BCUT2D eigenvalue weighted by Gasteiger charge is -2.08. The molecule has 2 heterocycles. The Hall–Kier alpha value is -1.91. The number of nitrogens with zero attached hydrogens (tertiary/aromatic N) is 4. The molecule has 0 saturated heterocycles. The monoisotopic (exact) mass is 231 g/mol. The van der Waals surface area contributed by atoms with Crippen molar-refractivity contribution in [3.05, 3.63) is 30.0 Å². The molecule has 17 heavy (non-hydrogen) atoms. The maximum Gasteiger partial charge on any atom is 0.224 e. The van der Waals surface area contributed by atoms with Gasteiger partial charge in [0.15, 0.2) is 0 Å². The molecule has 1 N–H and O–H groups in total. The fourth-order valence-electron chi connectivity index (χ4n) is 1.74. The van der Waals surface area contributed by atoms with Crippen LogP contribution in [0, 0.1) is 6.92 Å². The Kier molecular flexibility index (Phi) is 3.37. The smallest absolute Gasteiger partial charge is 0.224 e. The van der Waals surface area contributed by atoms with Gasteiger partial charge in [-0.3, -0.25) is 4.57 Å². The van der Waals surface area contributed by atoms with Crippen LogP contribution in [0.2, 0.25) is 0 Å². The summed E-state index contributed by atoms with van der Waals surface area (Å²) in [6.45, 7) is 4.10. The molecule has 2 rings (SSSR count). The minimum atomic E-state index is 0.635. The van der Waals surface area contributed by atoms with Gasteiger partial charge in [0, 0.05) is 37.6 Å². The molecule has 0 atom stereocenters. The van der Waals surface area contributed by atoms with Gasteiger partial charge in [-0.05, 0) is 13.3 Å². The average molecular weight is 231 g/mol. The van der Waals surface area contributed by atoms with E-state index in [1.54, 1.807) is 0 Å². The van der Waals surface area contributed by atoms with Gasteiger partial charge in [0.25, 0.3) is 0 Å². The van der Waals surface area contributed by atoms with Gasteiger partial charge >= 0.3 is 0 Å². The summed E-state index contributed by atoms with van der Waals surface area (Å²) in [4.78, 5) is 13.1. The second-order valence-corrected chi connectivity index (χ2v) is 3.90. The number of imidazole rings is 1. The zero-order valence-electron chi connectivity index (χ0n) is 10.4. The molecule has 0 radical (unpaired) electrons. The van der Waals surface area contributed by atoms with Crippen LogP contribution in [-0.4, -0.2) is 26.6 Å². The van der Waals surface area contributed by atoms with Crippen LogP contribution in [0.5, 0.6) is 0 Å². The van der Waals surface area contributed by atoms with Crippen molar-refractivity contribution in [3.8, 4) is 5.82 Å². The van der Waals surface area contributed by atoms with Crippen molar-refractivity contribution < 1.29 is 0 Å². The normalized spacial score (nSPS) is 10.5. The lowest BCUT2D eigenvalue weighted by molar-refractivity contribution is 0.795. The molecule has 0 spiro atoms. The quantitative estimate of drug-likeness (QED) is 0.874. The second kappa shape index (κ2) is 4.95. The van der Waals surface area contributed by atoms with Crippen LogP contribution in [-0.2, 0) is 6.42 Å². The molecule has 0 aliphatic heterocycles. The fraction of sp³-hybridized carbons (Fsp3) is 0.417. The lowest BCUT2D eigenvalue weighted by Crippen LogP contribution is -2.06. The van der Waals surface area contributed by atoms with Gasteiger partial charge in [-0.15, -0.1) is 0 Å². The Morgan fingerprint density at radius 3 is 2.88 bits per heavy atom. The highest BCUT2D eigenvalue weighted by Crippen LogP contribution is 2.12. The molecule has 5 nitrogen and oxygen atoms in total. The Morgan fingerprint density at radius 1 is 1.35 bits per heavy atom. The molecule has 0 saturated carbocycles. The molecule has 0 aliphatic rings. The van der Waals surface area contributed by atoms with Gasteiger partial charge in [0.1, 0.15) is 11.6 Å². The Morgan fingerprint density at radius 2 is 2.18 bits per heavy atom. The minimum absolute atomic E-state index is 0.635. The molecule has 0 aliphatic carbocycles. The second-order valence-electron chi connectivity index (χ2n) is 3.90. The zero-order valence-corrected chi connectivity index (χ0v) is 10.4. The molecule has 0 amide bonds. The van der Waals surface area contributed by atoms with E-state index in [4.69, 9.17) is 0 Å². The predicted octanol–water partition coefficient (Wildman–Crippen LogP) is 1.96. The van der Waals surface area contributed by atoms with Crippen LogP contribution in [0.15, 0.2) is 18.5 Å². The van der Waals surface area contributed by atoms with Crippen molar-refractivity contribution in [1.29, 1.82) is 0 Å². The molecule has 2 aromatic heterocycles. The summed E-state index contributed by atoms with van der Waals surface area (Å²) in [7, 11) is 1.82. The van der Waals surface area contributed by atoms with E-state index in [-0.39, 0.29) is 0 Å². The number of aryl methyl sites for hydroxylation is 2. The SMILES string of the molecule is CCCc1nccn1-c1cc(C)nc(NC)n1. The summed E-state index contributed by atoms with van der Waals surface area (Å²) in [6.07, 6.45) is 5.76. The van der Waals surface area contributed by atoms with E-state index in [1.807, 2.05) is 37.0 Å². The Balaban J connectivity index is 2.44. The van der Waals surface area contributed by atoms with E-state index in [0.29, 0.717) is 5.95 Å². The maximum atomic E-state index is 4.44. The Labute approximate surface area is 101 Å². The van der Waals surface area contributed by atoms with Crippen LogP contribution in [0.25, 0.3) is 5.82 Å². The molecule has 0 bridgehead atoms. The number of anilines is 1. The number of rotatable bonds is 4. The van der Waals surface area contributed by atoms with E-state index in [2.05, 4.69) is 27.2 Å². The first kappa shape index (κ1) is 11.6. The van der Waals surface area contributed by atoms with Crippen molar-refractivity contribution in [1.82, 2.24) is 19.5 Å². The molecule has 0 fully saturated rings. The van der Waals surface area contributed by atoms with Gasteiger partial charge in [-0.2, -0.15) is 4.98 Å². The molecule has 90 valence electrons. The lowest BCUT2D eigenvalue weighted by atomic mass is 10.3. The van der Waals surface area contributed by atoms with Gasteiger partial charge in [-0.1, -0.05) is 6.92 Å². The number of nitrogens with one attached hydrogen (secondary N) is 1. The largest absolute Gasteiger partial charge is 0.357 e. The predicted molar refractivity (Wildman–Crippen MR) is 67.4 cm³/mol. The third-order valence-electron chi connectivity index (χ3n) is 2.50. The number of hydrogen-bond donors (Lipinski definition) is 1. The third-order valence-corrected chi connectivity index (χ3v) is 2.50. The van der Waals surface area contributed by atoms with Crippen LogP contribution in [0.1, 0.15) is 24.9 Å². The zero-order chi connectivity index (χ0) is 12.3. The van der Waals surface area contributed by atoms with Crippen molar-refractivity contribution in [2.75, 3.05) is 12.4 Å². The fourth-order valence-corrected chi connectivity index (χ4v) is 1.74. The van der Waals surface area contributed by atoms with Crippen molar-refractivity contribution in [2.45, 2.75) is 26.7 Å². The van der Waals surface area contributed by atoms with E-state index in [9.17, 15) is 0 Å². The molecule has 5 heteroatoms. The highest BCUT2D eigenvalue weighted by Gasteiger charge is 2.07. The first-order chi connectivity index (χ1) is 8.24. The van der Waals surface area contributed by atoms with Crippen LogP contribution in [0.3, 0.4) is 0 Å². The standard InChI is InChI=1S/C12H17N5/c1-4-5-10-14-6-7-17(10)11-8-9(2)15-12(13-3)16-11/h6-8H,4-5H2,1-3H3,(H,13,15,16).